The largest absolute Gasteiger partial charge is 0.487 e. The van der Waals surface area contributed by atoms with Gasteiger partial charge in [-0.05, 0) is 29.3 Å². The van der Waals surface area contributed by atoms with Gasteiger partial charge in [-0.25, -0.2) is 0 Å². The molecule has 5 heteroatoms. The topological polar surface area (TPSA) is 50.4 Å². The molecule has 0 spiro atoms. The highest BCUT2D eigenvalue weighted by Crippen LogP contribution is 2.24. The van der Waals surface area contributed by atoms with Crippen molar-refractivity contribution in [1.82, 2.24) is 5.32 Å². The van der Waals surface area contributed by atoms with Crippen molar-refractivity contribution in [1.29, 1.82) is 0 Å². The summed E-state index contributed by atoms with van der Waals surface area (Å²) in [5, 5.41) is 6.68. The van der Waals surface area contributed by atoms with E-state index in [0.29, 0.717) is 29.6 Å². The third kappa shape index (κ3) is 5.84. The van der Waals surface area contributed by atoms with Gasteiger partial charge in [-0.2, -0.15) is 0 Å². The molecule has 0 aliphatic rings. The predicted molar refractivity (Wildman–Crippen MR) is 109 cm³/mol. The van der Waals surface area contributed by atoms with Crippen molar-refractivity contribution < 1.29 is 9.53 Å². The molecule has 0 saturated heterocycles. The molecule has 0 heterocycles. The summed E-state index contributed by atoms with van der Waals surface area (Å²) in [6, 6.07) is 24.9. The summed E-state index contributed by atoms with van der Waals surface area (Å²) >= 11 is 6.12. The maximum Gasteiger partial charge on any atom is 0.238 e. The van der Waals surface area contributed by atoms with Crippen LogP contribution in [-0.4, -0.2) is 12.5 Å². The summed E-state index contributed by atoms with van der Waals surface area (Å²) in [5.74, 6) is 0.499. The first-order valence-electron chi connectivity index (χ1n) is 8.72. The molecule has 3 rings (SSSR count). The Morgan fingerprint density at radius 1 is 0.889 bits per heavy atom. The van der Waals surface area contributed by atoms with Gasteiger partial charge in [0.2, 0.25) is 5.91 Å². The molecule has 0 radical (unpaired) electrons. The summed E-state index contributed by atoms with van der Waals surface area (Å²) < 4.78 is 5.86. The van der Waals surface area contributed by atoms with Crippen LogP contribution in [0.3, 0.4) is 0 Å². The fourth-order valence-electron chi connectivity index (χ4n) is 2.58. The molecule has 0 fully saturated rings. The average molecular weight is 381 g/mol. The molecule has 0 aromatic heterocycles. The van der Waals surface area contributed by atoms with Crippen LogP contribution in [-0.2, 0) is 17.9 Å². The number of benzene rings is 3. The van der Waals surface area contributed by atoms with Crippen molar-refractivity contribution >= 4 is 23.2 Å². The zero-order chi connectivity index (χ0) is 18.9. The van der Waals surface area contributed by atoms with E-state index in [4.69, 9.17) is 16.3 Å². The van der Waals surface area contributed by atoms with Gasteiger partial charge in [0.25, 0.3) is 0 Å². The number of nitrogens with one attached hydrogen (secondary N) is 2. The first-order valence-corrected chi connectivity index (χ1v) is 9.10. The highest BCUT2D eigenvalue weighted by atomic mass is 35.5. The second kappa shape index (κ2) is 9.76. The Balaban J connectivity index is 1.52. The summed E-state index contributed by atoms with van der Waals surface area (Å²) in [4.78, 5) is 12.3. The van der Waals surface area contributed by atoms with Gasteiger partial charge in [0.15, 0.2) is 0 Å². The molecule has 0 unspecified atom stereocenters. The Morgan fingerprint density at radius 2 is 1.59 bits per heavy atom. The van der Waals surface area contributed by atoms with Crippen LogP contribution in [0.2, 0.25) is 5.02 Å². The molecule has 0 aliphatic carbocycles. The van der Waals surface area contributed by atoms with Crippen molar-refractivity contribution in [2.75, 3.05) is 11.9 Å². The number of hydrogen-bond donors (Lipinski definition) is 2. The zero-order valence-electron chi connectivity index (χ0n) is 14.8. The molecule has 0 bridgehead atoms. The maximum absolute atomic E-state index is 12.3. The van der Waals surface area contributed by atoms with E-state index in [1.165, 1.54) is 0 Å². The minimum absolute atomic E-state index is 0.141. The molecule has 0 atom stereocenters. The van der Waals surface area contributed by atoms with E-state index in [0.717, 1.165) is 11.1 Å². The summed E-state index contributed by atoms with van der Waals surface area (Å²) in [5.41, 5.74) is 2.68. The number of carbonyl (C=O) groups excluding carboxylic acids is 1. The fraction of sp³-hybridized carbons (Fsp3) is 0.136. The van der Waals surface area contributed by atoms with Gasteiger partial charge in [0.05, 0.1) is 12.2 Å². The van der Waals surface area contributed by atoms with E-state index in [1.54, 1.807) is 0 Å². The van der Waals surface area contributed by atoms with Crippen molar-refractivity contribution in [3.63, 3.8) is 0 Å². The van der Waals surface area contributed by atoms with Gasteiger partial charge in [-0.3, -0.25) is 4.79 Å². The number of ether oxygens (including phenoxy) is 1. The van der Waals surface area contributed by atoms with Crippen LogP contribution >= 0.6 is 11.6 Å². The minimum atomic E-state index is -0.141. The normalized spacial score (nSPS) is 10.4. The van der Waals surface area contributed by atoms with Crippen molar-refractivity contribution in [2.45, 2.75) is 13.2 Å². The molecule has 3 aromatic rings. The van der Waals surface area contributed by atoms with Gasteiger partial charge in [-0.15, -0.1) is 0 Å². The van der Waals surface area contributed by atoms with E-state index in [1.807, 2.05) is 78.9 Å². The van der Waals surface area contributed by atoms with Gasteiger partial charge in [0, 0.05) is 11.6 Å². The molecule has 2 N–H and O–H groups in total. The van der Waals surface area contributed by atoms with E-state index < -0.39 is 0 Å². The lowest BCUT2D eigenvalue weighted by molar-refractivity contribution is -0.115. The molecule has 1 amide bonds. The minimum Gasteiger partial charge on any atom is -0.487 e. The van der Waals surface area contributed by atoms with Crippen LogP contribution in [0.4, 0.5) is 5.69 Å². The summed E-state index contributed by atoms with van der Waals surface area (Å²) in [7, 11) is 0. The first kappa shape index (κ1) is 19.0. The molecule has 3 aromatic carbocycles. The summed E-state index contributed by atoms with van der Waals surface area (Å²) in [6.45, 7) is 1.15. The molecular formula is C22H21ClN2O2. The lowest BCUT2D eigenvalue weighted by Crippen LogP contribution is -2.28. The monoisotopic (exact) mass is 380 g/mol. The van der Waals surface area contributed by atoms with Crippen molar-refractivity contribution in [3.05, 3.63) is 95.0 Å². The molecule has 138 valence electrons. The smallest absolute Gasteiger partial charge is 0.238 e. The Morgan fingerprint density at radius 3 is 2.41 bits per heavy atom. The number of para-hydroxylation sites is 2. The first-order chi connectivity index (χ1) is 13.2. The summed E-state index contributed by atoms with van der Waals surface area (Å²) in [6.07, 6.45) is 0. The van der Waals surface area contributed by atoms with Gasteiger partial charge in [-0.1, -0.05) is 72.3 Å². The number of halogens is 1. The fourth-order valence-corrected chi connectivity index (χ4v) is 2.78. The van der Waals surface area contributed by atoms with Crippen LogP contribution in [0.15, 0.2) is 78.9 Å². The Bertz CT molecular complexity index is 884. The molecule has 27 heavy (non-hydrogen) atoms. The number of rotatable bonds is 8. The molecular weight excluding hydrogens is 360 g/mol. The Labute approximate surface area is 164 Å². The molecule has 4 nitrogen and oxygen atoms in total. The van der Waals surface area contributed by atoms with Crippen LogP contribution in [0.25, 0.3) is 0 Å². The number of hydrogen-bond acceptors (Lipinski definition) is 3. The SMILES string of the molecule is O=C(CNCc1ccccc1Cl)Nc1ccccc1OCc1ccccc1. The highest BCUT2D eigenvalue weighted by molar-refractivity contribution is 6.31. The van der Waals surface area contributed by atoms with Crippen LogP contribution < -0.4 is 15.4 Å². The van der Waals surface area contributed by atoms with Gasteiger partial charge in [0.1, 0.15) is 12.4 Å². The maximum atomic E-state index is 12.3. The quantitative estimate of drug-likeness (QED) is 0.598. The van der Waals surface area contributed by atoms with E-state index in [9.17, 15) is 4.79 Å². The second-order valence-electron chi connectivity index (χ2n) is 6.01. The standard InChI is InChI=1S/C22H21ClN2O2/c23-19-11-5-4-10-18(19)14-24-15-22(26)25-20-12-6-7-13-21(20)27-16-17-8-2-1-3-9-17/h1-13,24H,14-16H2,(H,25,26). The van der Waals surface area contributed by atoms with Crippen LogP contribution in [0.5, 0.6) is 5.75 Å². The third-order valence-corrected chi connectivity index (χ3v) is 4.33. The Hall–Kier alpha value is -2.82. The van der Waals surface area contributed by atoms with Gasteiger partial charge >= 0.3 is 0 Å². The number of anilines is 1. The molecule has 0 aliphatic heterocycles. The Kier molecular flexibility index (Phi) is 6.85. The predicted octanol–water partition coefficient (Wildman–Crippen LogP) is 4.65. The molecule has 0 saturated carbocycles. The lowest BCUT2D eigenvalue weighted by Gasteiger charge is -2.13. The van der Waals surface area contributed by atoms with E-state index >= 15 is 0 Å². The average Bonchev–Trinajstić information content (AvgIpc) is 2.69. The lowest BCUT2D eigenvalue weighted by atomic mass is 10.2. The number of carbonyl (C=O) groups is 1. The third-order valence-electron chi connectivity index (χ3n) is 3.96. The van der Waals surface area contributed by atoms with E-state index in [2.05, 4.69) is 10.6 Å². The van der Waals surface area contributed by atoms with Crippen LogP contribution in [0, 0.1) is 0 Å². The van der Waals surface area contributed by atoms with Crippen molar-refractivity contribution in [2.24, 2.45) is 0 Å². The van der Waals surface area contributed by atoms with E-state index in [-0.39, 0.29) is 12.5 Å². The van der Waals surface area contributed by atoms with Crippen LogP contribution in [0.1, 0.15) is 11.1 Å². The second-order valence-corrected chi connectivity index (χ2v) is 6.42. The zero-order valence-corrected chi connectivity index (χ0v) is 15.6. The van der Waals surface area contributed by atoms with Gasteiger partial charge < -0.3 is 15.4 Å². The van der Waals surface area contributed by atoms with Crippen molar-refractivity contribution in [3.8, 4) is 5.75 Å². The highest BCUT2D eigenvalue weighted by Gasteiger charge is 2.08. The number of amides is 1.